The molecule has 0 N–H and O–H groups in total. The molecule has 3 fully saturated rings. The monoisotopic (exact) mass is 388 g/mol. The summed E-state index contributed by atoms with van der Waals surface area (Å²) in [7, 11) is 1.94. The van der Waals surface area contributed by atoms with Gasteiger partial charge in [-0.1, -0.05) is 0 Å². The molecule has 28 heavy (non-hydrogen) atoms. The van der Waals surface area contributed by atoms with Crippen molar-refractivity contribution in [1.82, 2.24) is 19.3 Å². The largest absolute Gasteiger partial charge is 0.375 e. The molecule has 0 saturated carbocycles. The van der Waals surface area contributed by atoms with E-state index in [-0.39, 0.29) is 11.5 Å². The number of piperazine rings is 1. The molecule has 1 aromatic rings. The van der Waals surface area contributed by atoms with Crippen LogP contribution < -0.4 is 0 Å². The van der Waals surface area contributed by atoms with Gasteiger partial charge in [-0.05, 0) is 51.7 Å². The van der Waals surface area contributed by atoms with Crippen LogP contribution in [-0.4, -0.2) is 88.7 Å². The van der Waals surface area contributed by atoms with Crippen LogP contribution in [0.1, 0.15) is 50.0 Å². The summed E-state index contributed by atoms with van der Waals surface area (Å²) in [5.41, 5.74) is 0.754. The maximum absolute atomic E-state index is 12.8. The van der Waals surface area contributed by atoms with E-state index >= 15 is 0 Å². The minimum absolute atomic E-state index is 0.0247. The van der Waals surface area contributed by atoms with E-state index in [0.29, 0.717) is 12.1 Å². The van der Waals surface area contributed by atoms with Gasteiger partial charge in [0.15, 0.2) is 0 Å². The zero-order chi connectivity index (χ0) is 19.7. The van der Waals surface area contributed by atoms with Crippen LogP contribution in [-0.2, 0) is 11.8 Å². The molecule has 1 spiro atoms. The van der Waals surface area contributed by atoms with E-state index in [4.69, 9.17) is 4.74 Å². The summed E-state index contributed by atoms with van der Waals surface area (Å²) >= 11 is 0. The number of hydrogen-bond donors (Lipinski definition) is 0. The molecule has 1 aromatic heterocycles. The first-order valence-electron chi connectivity index (χ1n) is 11.0. The molecule has 0 radical (unpaired) electrons. The zero-order valence-corrected chi connectivity index (χ0v) is 17.8. The van der Waals surface area contributed by atoms with Gasteiger partial charge >= 0.3 is 0 Å². The Kier molecular flexibility index (Phi) is 5.81. The van der Waals surface area contributed by atoms with Gasteiger partial charge in [0.05, 0.1) is 5.60 Å². The second-order valence-corrected chi connectivity index (χ2v) is 9.14. The molecule has 0 bridgehead atoms. The molecule has 0 aromatic carbocycles. The number of aromatic nitrogens is 1. The third-order valence-electron chi connectivity index (χ3n) is 7.19. The van der Waals surface area contributed by atoms with E-state index < -0.39 is 0 Å². The second-order valence-electron chi connectivity index (χ2n) is 9.14. The number of carbonyl (C=O) groups is 1. The van der Waals surface area contributed by atoms with Gasteiger partial charge in [-0.25, -0.2) is 0 Å². The van der Waals surface area contributed by atoms with E-state index in [2.05, 4.69) is 23.6 Å². The van der Waals surface area contributed by atoms with Crippen LogP contribution in [0.25, 0.3) is 0 Å². The molecule has 1 amide bonds. The van der Waals surface area contributed by atoms with Crippen molar-refractivity contribution in [2.75, 3.05) is 45.9 Å². The fourth-order valence-electron chi connectivity index (χ4n) is 5.24. The van der Waals surface area contributed by atoms with Crippen molar-refractivity contribution in [2.24, 2.45) is 7.05 Å². The third-order valence-corrected chi connectivity index (χ3v) is 7.19. The first-order chi connectivity index (χ1) is 13.5. The molecule has 1 atom stereocenters. The van der Waals surface area contributed by atoms with Crippen LogP contribution in [0, 0.1) is 0 Å². The first-order valence-corrected chi connectivity index (χ1v) is 11.0. The average Bonchev–Trinajstić information content (AvgIpc) is 3.14. The van der Waals surface area contributed by atoms with Crippen molar-refractivity contribution in [3.05, 3.63) is 24.0 Å². The molecule has 156 valence electrons. The highest BCUT2D eigenvalue weighted by atomic mass is 16.5. The lowest BCUT2D eigenvalue weighted by Crippen LogP contribution is -2.58. The van der Waals surface area contributed by atoms with Crippen molar-refractivity contribution in [2.45, 2.75) is 57.2 Å². The number of amides is 1. The number of nitrogens with zero attached hydrogens (tertiary/aromatic N) is 4. The minimum Gasteiger partial charge on any atom is -0.375 e. The second kappa shape index (κ2) is 8.17. The van der Waals surface area contributed by atoms with Crippen LogP contribution in [0.5, 0.6) is 0 Å². The van der Waals surface area contributed by atoms with Gasteiger partial charge < -0.3 is 14.2 Å². The molecule has 6 nitrogen and oxygen atoms in total. The number of hydrogen-bond acceptors (Lipinski definition) is 4. The Morgan fingerprint density at radius 1 is 1.14 bits per heavy atom. The van der Waals surface area contributed by atoms with Gasteiger partial charge in [0.2, 0.25) is 0 Å². The van der Waals surface area contributed by atoms with Crippen LogP contribution in [0.15, 0.2) is 18.3 Å². The van der Waals surface area contributed by atoms with Crippen molar-refractivity contribution in [3.63, 3.8) is 0 Å². The Morgan fingerprint density at radius 3 is 2.46 bits per heavy atom. The van der Waals surface area contributed by atoms with Gasteiger partial charge in [0, 0.05) is 71.2 Å². The number of piperidine rings is 1. The van der Waals surface area contributed by atoms with Crippen molar-refractivity contribution in [1.29, 1.82) is 0 Å². The summed E-state index contributed by atoms with van der Waals surface area (Å²) in [6, 6.07) is 5.14. The highest BCUT2D eigenvalue weighted by Crippen LogP contribution is 2.37. The fraction of sp³-hybridized carbons (Fsp3) is 0.773. The molecular formula is C22H36N4O2. The van der Waals surface area contributed by atoms with Crippen LogP contribution in [0.2, 0.25) is 0 Å². The molecule has 3 aliphatic heterocycles. The predicted molar refractivity (Wildman–Crippen MR) is 111 cm³/mol. The summed E-state index contributed by atoms with van der Waals surface area (Å²) in [6.45, 7) is 11.8. The van der Waals surface area contributed by atoms with Gasteiger partial charge in [-0.15, -0.1) is 0 Å². The van der Waals surface area contributed by atoms with E-state index in [1.165, 1.54) is 26.2 Å². The average molecular weight is 389 g/mol. The zero-order valence-electron chi connectivity index (χ0n) is 17.8. The Labute approximate surface area is 169 Å². The predicted octanol–water partition coefficient (Wildman–Crippen LogP) is 2.20. The minimum atomic E-state index is -0.0247. The van der Waals surface area contributed by atoms with Gasteiger partial charge in [-0.2, -0.15) is 0 Å². The SMILES string of the molecule is CC(C)N1CCN([C@@H]2CCOC3(CCN(C(=O)c4cccn4C)CC3)C2)CC1. The number of carbonyl (C=O) groups excluding carboxylic acids is 1. The van der Waals surface area contributed by atoms with Crippen LogP contribution >= 0.6 is 0 Å². The van der Waals surface area contributed by atoms with Crippen molar-refractivity contribution < 1.29 is 9.53 Å². The topological polar surface area (TPSA) is 41.0 Å². The summed E-state index contributed by atoms with van der Waals surface area (Å²) in [5, 5.41) is 0. The van der Waals surface area contributed by atoms with Crippen molar-refractivity contribution in [3.8, 4) is 0 Å². The molecule has 0 unspecified atom stereocenters. The number of rotatable bonds is 3. The van der Waals surface area contributed by atoms with E-state index in [1.807, 2.05) is 34.8 Å². The van der Waals surface area contributed by atoms with E-state index in [0.717, 1.165) is 51.1 Å². The lowest BCUT2D eigenvalue weighted by molar-refractivity contribution is -0.132. The third kappa shape index (κ3) is 4.00. The smallest absolute Gasteiger partial charge is 0.270 e. The van der Waals surface area contributed by atoms with Crippen molar-refractivity contribution >= 4 is 5.91 Å². The highest BCUT2D eigenvalue weighted by molar-refractivity contribution is 5.92. The summed E-state index contributed by atoms with van der Waals surface area (Å²) in [5.74, 6) is 0.152. The maximum atomic E-state index is 12.8. The number of ether oxygens (including phenoxy) is 1. The highest BCUT2D eigenvalue weighted by Gasteiger charge is 2.43. The summed E-state index contributed by atoms with van der Waals surface area (Å²) < 4.78 is 8.26. The number of aryl methyl sites for hydroxylation is 1. The summed E-state index contributed by atoms with van der Waals surface area (Å²) in [6.07, 6.45) is 6.14. The number of likely N-dealkylation sites (tertiary alicyclic amines) is 1. The lowest BCUT2D eigenvalue weighted by atomic mass is 9.81. The summed E-state index contributed by atoms with van der Waals surface area (Å²) in [4.78, 5) is 20.1. The molecule has 6 heteroatoms. The Bertz CT molecular complexity index is 670. The molecule has 0 aliphatic carbocycles. The quantitative estimate of drug-likeness (QED) is 0.796. The van der Waals surface area contributed by atoms with Crippen LogP contribution in [0.3, 0.4) is 0 Å². The standard InChI is InChI=1S/C22H36N4O2/c1-18(2)24-12-14-25(15-13-24)19-6-16-28-22(17-19)7-10-26(11-8-22)21(27)20-5-4-9-23(20)3/h4-5,9,18-19H,6-8,10-17H2,1-3H3/t19-/m1/s1. The van der Waals surface area contributed by atoms with E-state index in [9.17, 15) is 4.79 Å². The Balaban J connectivity index is 1.33. The molecule has 3 aliphatic rings. The molecule has 4 rings (SSSR count). The first kappa shape index (κ1) is 19.9. The normalized spacial score (nSPS) is 26.9. The fourth-order valence-corrected chi connectivity index (χ4v) is 5.24. The lowest BCUT2D eigenvalue weighted by Gasteiger charge is -2.50. The van der Waals surface area contributed by atoms with Crippen LogP contribution in [0.4, 0.5) is 0 Å². The van der Waals surface area contributed by atoms with E-state index in [1.54, 1.807) is 0 Å². The van der Waals surface area contributed by atoms with Gasteiger partial charge in [0.1, 0.15) is 5.69 Å². The maximum Gasteiger partial charge on any atom is 0.270 e. The molecular weight excluding hydrogens is 352 g/mol. The Morgan fingerprint density at radius 2 is 1.86 bits per heavy atom. The van der Waals surface area contributed by atoms with Gasteiger partial charge in [0.25, 0.3) is 5.91 Å². The molecule has 4 heterocycles. The Hall–Kier alpha value is -1.37. The van der Waals surface area contributed by atoms with Gasteiger partial charge in [-0.3, -0.25) is 14.6 Å². The molecule has 3 saturated heterocycles.